The first-order valence-corrected chi connectivity index (χ1v) is 8.24. The Morgan fingerprint density at radius 2 is 2.13 bits per heavy atom. The van der Waals surface area contributed by atoms with E-state index in [2.05, 4.69) is 4.98 Å². The van der Waals surface area contributed by atoms with E-state index < -0.39 is 0 Å². The van der Waals surface area contributed by atoms with Crippen LogP contribution in [0.4, 0.5) is 0 Å². The largest absolute Gasteiger partial charge is 0.338 e. The number of amides is 1. The highest BCUT2D eigenvalue weighted by molar-refractivity contribution is 5.97. The third kappa shape index (κ3) is 2.79. The summed E-state index contributed by atoms with van der Waals surface area (Å²) in [4.78, 5) is 29.3. The summed E-state index contributed by atoms with van der Waals surface area (Å²) in [5.41, 5.74) is 7.72. The van der Waals surface area contributed by atoms with E-state index in [4.69, 9.17) is 5.73 Å². The number of likely N-dealkylation sites (N-methyl/N-ethyl adjacent to an activating group) is 1. The van der Waals surface area contributed by atoms with Crippen LogP contribution >= 0.6 is 0 Å². The van der Waals surface area contributed by atoms with E-state index >= 15 is 0 Å². The van der Waals surface area contributed by atoms with Crippen LogP contribution in [-0.4, -0.2) is 40.0 Å². The first kappa shape index (κ1) is 15.8. The second-order valence-corrected chi connectivity index (χ2v) is 6.47. The number of carbonyl (C=O) groups excluding carboxylic acids is 1. The molecule has 1 saturated carbocycles. The van der Waals surface area contributed by atoms with Crippen molar-refractivity contribution in [3.63, 3.8) is 0 Å². The van der Waals surface area contributed by atoms with Gasteiger partial charge in [-0.05, 0) is 38.0 Å². The number of fused-ring (bicyclic) bond motifs is 1. The predicted octanol–water partition coefficient (Wildman–Crippen LogP) is 1.86. The summed E-state index contributed by atoms with van der Waals surface area (Å²) in [6.45, 7) is 2.33. The van der Waals surface area contributed by atoms with Crippen LogP contribution < -0.4 is 11.4 Å². The van der Waals surface area contributed by atoms with E-state index in [-0.39, 0.29) is 23.7 Å². The Labute approximate surface area is 135 Å². The summed E-state index contributed by atoms with van der Waals surface area (Å²) in [6.07, 6.45) is 4.43. The second-order valence-electron chi connectivity index (χ2n) is 6.47. The summed E-state index contributed by atoms with van der Waals surface area (Å²) in [6, 6.07) is 5.69. The lowest BCUT2D eigenvalue weighted by Gasteiger charge is -2.23. The number of benzene rings is 1. The molecule has 3 N–H and O–H groups in total. The van der Waals surface area contributed by atoms with Crippen molar-refractivity contribution in [3.8, 4) is 0 Å². The van der Waals surface area contributed by atoms with Gasteiger partial charge in [0.2, 0.25) is 0 Å². The van der Waals surface area contributed by atoms with Gasteiger partial charge in [-0.3, -0.25) is 9.36 Å². The molecule has 0 saturated heterocycles. The molecule has 1 aromatic carbocycles. The van der Waals surface area contributed by atoms with Crippen molar-refractivity contribution in [1.82, 2.24) is 14.5 Å². The van der Waals surface area contributed by atoms with Gasteiger partial charge in [0, 0.05) is 31.2 Å². The molecule has 0 bridgehead atoms. The first-order valence-electron chi connectivity index (χ1n) is 8.24. The molecule has 1 heterocycles. The van der Waals surface area contributed by atoms with Crippen molar-refractivity contribution in [2.75, 3.05) is 13.6 Å². The van der Waals surface area contributed by atoms with Gasteiger partial charge in [0.25, 0.3) is 5.91 Å². The molecule has 6 nitrogen and oxygen atoms in total. The predicted molar refractivity (Wildman–Crippen MR) is 90.7 cm³/mol. The number of carbonyl (C=O) groups is 1. The van der Waals surface area contributed by atoms with Gasteiger partial charge >= 0.3 is 5.69 Å². The Balaban J connectivity index is 1.97. The number of aromatic amines is 1. The van der Waals surface area contributed by atoms with Gasteiger partial charge in [0.1, 0.15) is 0 Å². The van der Waals surface area contributed by atoms with Crippen molar-refractivity contribution >= 4 is 16.9 Å². The Morgan fingerprint density at radius 1 is 1.43 bits per heavy atom. The minimum Gasteiger partial charge on any atom is -0.338 e. The molecule has 1 aromatic heterocycles. The maximum atomic E-state index is 12.5. The molecule has 1 unspecified atom stereocenters. The number of aromatic nitrogens is 2. The first-order chi connectivity index (χ1) is 11.0. The number of rotatable bonds is 4. The van der Waals surface area contributed by atoms with Crippen molar-refractivity contribution in [1.29, 1.82) is 0 Å². The molecule has 1 amide bonds. The van der Waals surface area contributed by atoms with E-state index in [1.54, 1.807) is 24.1 Å². The average molecular weight is 316 g/mol. The Morgan fingerprint density at radius 3 is 2.78 bits per heavy atom. The molecule has 124 valence electrons. The highest BCUT2D eigenvalue weighted by atomic mass is 16.2. The van der Waals surface area contributed by atoms with Crippen LogP contribution in [0.15, 0.2) is 23.0 Å². The fraction of sp³-hybridized carbons (Fsp3) is 0.529. The number of nitrogens with two attached hydrogens (primary N) is 1. The Hall–Kier alpha value is -2.08. The average Bonchev–Trinajstić information content (AvgIpc) is 3.18. The topological polar surface area (TPSA) is 84.1 Å². The number of imidazole rings is 1. The molecule has 23 heavy (non-hydrogen) atoms. The van der Waals surface area contributed by atoms with Crippen LogP contribution in [0, 0.1) is 0 Å². The van der Waals surface area contributed by atoms with Crippen molar-refractivity contribution in [2.45, 2.75) is 44.7 Å². The van der Waals surface area contributed by atoms with E-state index in [9.17, 15) is 9.59 Å². The Kier molecular flexibility index (Phi) is 4.26. The lowest BCUT2D eigenvalue weighted by Crippen LogP contribution is -2.39. The molecule has 0 spiro atoms. The second kappa shape index (κ2) is 6.20. The summed E-state index contributed by atoms with van der Waals surface area (Å²) in [5, 5.41) is 0. The normalized spacial score (nSPS) is 16.8. The third-order valence-corrected chi connectivity index (χ3v) is 4.98. The van der Waals surface area contributed by atoms with Gasteiger partial charge in [-0.2, -0.15) is 0 Å². The van der Waals surface area contributed by atoms with E-state index in [1.807, 2.05) is 17.6 Å². The molecule has 1 atom stereocenters. The number of H-pyrrole nitrogens is 1. The minimum atomic E-state index is -0.0840. The van der Waals surface area contributed by atoms with E-state index in [0.29, 0.717) is 12.1 Å². The van der Waals surface area contributed by atoms with Gasteiger partial charge < -0.3 is 15.6 Å². The molecule has 2 aromatic rings. The van der Waals surface area contributed by atoms with Crippen molar-refractivity contribution < 1.29 is 4.79 Å². The summed E-state index contributed by atoms with van der Waals surface area (Å²) in [7, 11) is 1.75. The fourth-order valence-electron chi connectivity index (χ4n) is 3.35. The Bertz CT molecular complexity index is 770. The molecule has 0 aliphatic heterocycles. The molecule has 1 aliphatic rings. The number of hydrogen-bond donors (Lipinski definition) is 2. The van der Waals surface area contributed by atoms with Gasteiger partial charge in [-0.25, -0.2) is 4.79 Å². The van der Waals surface area contributed by atoms with Crippen LogP contribution in [0.2, 0.25) is 0 Å². The number of hydrogen-bond acceptors (Lipinski definition) is 3. The summed E-state index contributed by atoms with van der Waals surface area (Å²) < 4.78 is 1.85. The molecule has 3 rings (SSSR count). The molecular formula is C17H24N4O2. The SMILES string of the molecule is CC(CN)N(C)C(=O)c1ccc2c(c1)[nH]c(=O)n2C1CCCC1. The van der Waals surface area contributed by atoms with Gasteiger partial charge in [0.15, 0.2) is 0 Å². The smallest absolute Gasteiger partial charge is 0.326 e. The van der Waals surface area contributed by atoms with E-state index in [0.717, 1.165) is 23.9 Å². The van der Waals surface area contributed by atoms with Crippen LogP contribution in [-0.2, 0) is 0 Å². The van der Waals surface area contributed by atoms with Crippen LogP contribution in [0.5, 0.6) is 0 Å². The zero-order valence-corrected chi connectivity index (χ0v) is 13.7. The van der Waals surface area contributed by atoms with E-state index in [1.165, 1.54) is 12.8 Å². The van der Waals surface area contributed by atoms with Crippen LogP contribution in [0.1, 0.15) is 49.0 Å². The molecule has 1 fully saturated rings. The summed E-state index contributed by atoms with van der Waals surface area (Å²) in [5.74, 6) is -0.0840. The van der Waals surface area contributed by atoms with Crippen LogP contribution in [0.25, 0.3) is 11.0 Å². The molecular weight excluding hydrogens is 292 g/mol. The lowest BCUT2D eigenvalue weighted by molar-refractivity contribution is 0.0748. The minimum absolute atomic E-state index is 0.0275. The van der Waals surface area contributed by atoms with Crippen LogP contribution in [0.3, 0.4) is 0 Å². The standard InChI is InChI=1S/C17H24N4O2/c1-11(10-18)20(2)16(22)12-7-8-15-14(9-12)19-17(23)21(15)13-5-3-4-6-13/h7-9,11,13H,3-6,10,18H2,1-2H3,(H,19,23). The number of nitrogens with one attached hydrogen (secondary N) is 1. The maximum absolute atomic E-state index is 12.5. The van der Waals surface area contributed by atoms with Gasteiger partial charge in [0.05, 0.1) is 11.0 Å². The number of nitrogens with zero attached hydrogens (tertiary/aromatic N) is 2. The van der Waals surface area contributed by atoms with Crippen molar-refractivity contribution in [3.05, 3.63) is 34.2 Å². The fourth-order valence-corrected chi connectivity index (χ4v) is 3.35. The molecule has 6 heteroatoms. The lowest BCUT2D eigenvalue weighted by atomic mass is 10.1. The van der Waals surface area contributed by atoms with Gasteiger partial charge in [-0.15, -0.1) is 0 Å². The zero-order chi connectivity index (χ0) is 16.6. The van der Waals surface area contributed by atoms with Gasteiger partial charge in [-0.1, -0.05) is 12.8 Å². The zero-order valence-electron chi connectivity index (χ0n) is 13.7. The molecule has 0 radical (unpaired) electrons. The quantitative estimate of drug-likeness (QED) is 0.903. The molecule has 1 aliphatic carbocycles. The third-order valence-electron chi connectivity index (χ3n) is 4.98. The van der Waals surface area contributed by atoms with Crippen molar-refractivity contribution in [2.24, 2.45) is 5.73 Å². The maximum Gasteiger partial charge on any atom is 0.326 e. The summed E-state index contributed by atoms with van der Waals surface area (Å²) >= 11 is 0. The highest BCUT2D eigenvalue weighted by Crippen LogP contribution is 2.30. The monoisotopic (exact) mass is 316 g/mol. The highest BCUT2D eigenvalue weighted by Gasteiger charge is 2.22.